The lowest BCUT2D eigenvalue weighted by Gasteiger charge is -2.34. The number of halogens is 1. The second-order valence-corrected chi connectivity index (χ2v) is 9.10. The van der Waals surface area contributed by atoms with Gasteiger partial charge in [-0.25, -0.2) is 0 Å². The van der Waals surface area contributed by atoms with Crippen molar-refractivity contribution in [3.63, 3.8) is 0 Å². The Morgan fingerprint density at radius 3 is 2.32 bits per heavy atom. The number of aromatic nitrogens is 1. The summed E-state index contributed by atoms with van der Waals surface area (Å²) in [5, 5.41) is 4.59. The van der Waals surface area contributed by atoms with Crippen LogP contribution in [0.1, 0.15) is 36.4 Å². The highest BCUT2D eigenvalue weighted by atomic mass is 35.5. The van der Waals surface area contributed by atoms with Gasteiger partial charge in [-0.05, 0) is 31.5 Å². The Balaban J connectivity index is 0.00000280. The number of amides is 1. The third kappa shape index (κ3) is 6.00. The molecule has 7 heteroatoms. The summed E-state index contributed by atoms with van der Waals surface area (Å²) in [5.74, 6) is 1.11. The highest BCUT2D eigenvalue weighted by Crippen LogP contribution is 2.23. The molecule has 0 aliphatic carbocycles. The molecule has 1 aliphatic rings. The monoisotopic (exact) mass is 423 g/mol. The van der Waals surface area contributed by atoms with Crippen LogP contribution in [-0.4, -0.2) is 52.3 Å². The van der Waals surface area contributed by atoms with Crippen LogP contribution < -0.4 is 0 Å². The molecule has 0 unspecified atom stereocenters. The van der Waals surface area contributed by atoms with E-state index in [9.17, 15) is 4.79 Å². The molecule has 0 bridgehead atoms. The van der Waals surface area contributed by atoms with Crippen LogP contribution in [0, 0.1) is 13.8 Å². The Hall–Kier alpha value is -1.50. The summed E-state index contributed by atoms with van der Waals surface area (Å²) in [5.41, 5.74) is 3.23. The summed E-state index contributed by atoms with van der Waals surface area (Å²) in [6.07, 6.45) is 0.483. The van der Waals surface area contributed by atoms with Crippen LogP contribution in [0.3, 0.4) is 0 Å². The SMILES string of the molecule is Cc1noc(C)c1CN1CCN(C(=O)Cc2ccc(SC(C)C)cc2)CC1.Cl. The van der Waals surface area contributed by atoms with Gasteiger partial charge in [0.25, 0.3) is 0 Å². The fourth-order valence-corrected chi connectivity index (χ4v) is 4.19. The summed E-state index contributed by atoms with van der Waals surface area (Å²) in [6, 6.07) is 8.40. The van der Waals surface area contributed by atoms with Gasteiger partial charge in [-0.3, -0.25) is 9.69 Å². The third-order valence-electron chi connectivity index (χ3n) is 4.94. The molecule has 0 spiro atoms. The minimum absolute atomic E-state index is 0. The zero-order chi connectivity index (χ0) is 19.4. The lowest BCUT2D eigenvalue weighted by atomic mass is 10.1. The number of carbonyl (C=O) groups excluding carboxylic acids is 1. The van der Waals surface area contributed by atoms with Gasteiger partial charge >= 0.3 is 0 Å². The number of nitrogens with zero attached hydrogens (tertiary/aromatic N) is 3. The zero-order valence-electron chi connectivity index (χ0n) is 17.1. The second-order valence-electron chi connectivity index (χ2n) is 7.45. The standard InChI is InChI=1S/C21H29N3O2S.ClH/c1-15(2)27-19-7-5-18(6-8-19)13-21(25)24-11-9-23(10-12-24)14-20-16(3)22-26-17(20)4;/h5-8,15H,9-14H2,1-4H3;1H. The minimum atomic E-state index is 0. The van der Waals surface area contributed by atoms with Gasteiger partial charge in [0.1, 0.15) is 5.76 Å². The highest BCUT2D eigenvalue weighted by molar-refractivity contribution is 7.99. The highest BCUT2D eigenvalue weighted by Gasteiger charge is 2.23. The maximum absolute atomic E-state index is 12.6. The van der Waals surface area contributed by atoms with Crippen LogP contribution in [0.25, 0.3) is 0 Å². The lowest BCUT2D eigenvalue weighted by molar-refractivity contribution is -0.132. The van der Waals surface area contributed by atoms with Crippen molar-refractivity contribution < 1.29 is 9.32 Å². The maximum Gasteiger partial charge on any atom is 0.227 e. The van der Waals surface area contributed by atoms with E-state index in [0.29, 0.717) is 11.7 Å². The lowest BCUT2D eigenvalue weighted by Crippen LogP contribution is -2.48. The molecule has 0 atom stereocenters. The van der Waals surface area contributed by atoms with E-state index in [2.05, 4.69) is 48.2 Å². The molecule has 1 amide bonds. The molecule has 2 aromatic rings. The van der Waals surface area contributed by atoms with E-state index in [1.807, 2.05) is 30.5 Å². The molecule has 5 nitrogen and oxygen atoms in total. The molecule has 0 saturated carbocycles. The molecule has 1 aromatic carbocycles. The summed E-state index contributed by atoms with van der Waals surface area (Å²) >= 11 is 1.85. The molecular weight excluding hydrogens is 394 g/mol. The number of benzene rings is 1. The quantitative estimate of drug-likeness (QED) is 0.654. The minimum Gasteiger partial charge on any atom is -0.361 e. The topological polar surface area (TPSA) is 49.6 Å². The summed E-state index contributed by atoms with van der Waals surface area (Å²) in [7, 11) is 0. The van der Waals surface area contributed by atoms with Gasteiger partial charge in [0.15, 0.2) is 0 Å². The predicted octanol–water partition coefficient (Wildman–Crippen LogP) is 4.10. The molecular formula is C21H30ClN3O2S. The molecule has 28 heavy (non-hydrogen) atoms. The maximum atomic E-state index is 12.6. The van der Waals surface area contributed by atoms with E-state index in [-0.39, 0.29) is 18.3 Å². The Morgan fingerprint density at radius 2 is 1.79 bits per heavy atom. The number of hydrogen-bond donors (Lipinski definition) is 0. The van der Waals surface area contributed by atoms with Crippen molar-refractivity contribution in [3.05, 3.63) is 46.8 Å². The van der Waals surface area contributed by atoms with Gasteiger partial charge < -0.3 is 9.42 Å². The molecule has 1 aromatic heterocycles. The molecule has 1 aliphatic heterocycles. The summed E-state index contributed by atoms with van der Waals surface area (Å²) < 4.78 is 5.25. The van der Waals surface area contributed by atoms with E-state index in [4.69, 9.17) is 4.52 Å². The van der Waals surface area contributed by atoms with Gasteiger partial charge in [-0.2, -0.15) is 0 Å². The van der Waals surface area contributed by atoms with Gasteiger partial charge in [-0.1, -0.05) is 31.1 Å². The number of aryl methyl sites for hydroxylation is 2. The summed E-state index contributed by atoms with van der Waals surface area (Å²) in [4.78, 5) is 18.3. The molecule has 0 radical (unpaired) electrons. The molecule has 1 saturated heterocycles. The van der Waals surface area contributed by atoms with Crippen molar-refractivity contribution in [1.82, 2.24) is 15.0 Å². The number of rotatable bonds is 6. The smallest absolute Gasteiger partial charge is 0.227 e. The summed E-state index contributed by atoms with van der Waals surface area (Å²) in [6.45, 7) is 12.5. The number of thioether (sulfide) groups is 1. The van der Waals surface area contributed by atoms with Crippen LogP contribution in [0.4, 0.5) is 0 Å². The van der Waals surface area contributed by atoms with Crippen LogP contribution in [-0.2, 0) is 17.8 Å². The first-order valence-corrected chi connectivity index (χ1v) is 10.5. The first-order valence-electron chi connectivity index (χ1n) is 9.60. The van der Waals surface area contributed by atoms with Crippen molar-refractivity contribution in [2.24, 2.45) is 0 Å². The second kappa shape index (κ2) is 10.3. The van der Waals surface area contributed by atoms with E-state index in [1.54, 1.807) is 0 Å². The normalized spacial score (nSPS) is 15.0. The average Bonchev–Trinajstić information content (AvgIpc) is 2.95. The first-order chi connectivity index (χ1) is 12.9. The van der Waals surface area contributed by atoms with Crippen LogP contribution in [0.2, 0.25) is 0 Å². The van der Waals surface area contributed by atoms with Crippen molar-refractivity contribution in [1.29, 1.82) is 0 Å². The Kier molecular flexibility index (Phi) is 8.40. The zero-order valence-corrected chi connectivity index (χ0v) is 18.7. The van der Waals surface area contributed by atoms with Crippen molar-refractivity contribution >= 4 is 30.1 Å². The van der Waals surface area contributed by atoms with Gasteiger partial charge in [0.05, 0.1) is 12.1 Å². The Morgan fingerprint density at radius 1 is 1.14 bits per heavy atom. The van der Waals surface area contributed by atoms with Crippen LogP contribution >= 0.6 is 24.2 Å². The molecule has 154 valence electrons. The van der Waals surface area contributed by atoms with Crippen molar-refractivity contribution in [2.75, 3.05) is 26.2 Å². The van der Waals surface area contributed by atoms with Crippen molar-refractivity contribution in [2.45, 2.75) is 50.8 Å². The van der Waals surface area contributed by atoms with Gasteiger partial charge in [0, 0.05) is 48.4 Å². The number of hydrogen-bond acceptors (Lipinski definition) is 5. The first kappa shape index (κ1) is 22.8. The fraction of sp³-hybridized carbons (Fsp3) is 0.524. The number of piperazine rings is 1. The molecule has 3 rings (SSSR count). The van der Waals surface area contributed by atoms with Crippen LogP contribution in [0.15, 0.2) is 33.7 Å². The molecule has 0 N–H and O–H groups in total. The number of carbonyl (C=O) groups is 1. The molecule has 2 heterocycles. The third-order valence-corrected chi connectivity index (χ3v) is 5.95. The average molecular weight is 424 g/mol. The van der Waals surface area contributed by atoms with E-state index < -0.39 is 0 Å². The molecule has 1 fully saturated rings. The van der Waals surface area contributed by atoms with Crippen molar-refractivity contribution in [3.8, 4) is 0 Å². The van der Waals surface area contributed by atoms with Gasteiger partial charge in [-0.15, -0.1) is 24.2 Å². The van der Waals surface area contributed by atoms with E-state index >= 15 is 0 Å². The fourth-order valence-electron chi connectivity index (χ4n) is 3.35. The van der Waals surface area contributed by atoms with Gasteiger partial charge in [0.2, 0.25) is 5.91 Å². The Bertz CT molecular complexity index is 749. The van der Waals surface area contributed by atoms with Crippen LogP contribution in [0.5, 0.6) is 0 Å². The van der Waals surface area contributed by atoms with E-state index in [0.717, 1.165) is 49.7 Å². The largest absolute Gasteiger partial charge is 0.361 e. The van der Waals surface area contributed by atoms with E-state index in [1.165, 1.54) is 10.5 Å². The Labute approximate surface area is 178 Å². The predicted molar refractivity (Wildman–Crippen MR) is 116 cm³/mol.